The molecule has 0 heterocycles. The number of hydrogen-bond acceptors (Lipinski definition) is 4. The van der Waals surface area contributed by atoms with Crippen molar-refractivity contribution in [3.63, 3.8) is 0 Å². The molecule has 3 rings (SSSR count). The summed E-state index contributed by atoms with van der Waals surface area (Å²) in [5.74, 6) is -1.37. The number of carbonyl (C=O) groups is 2. The van der Waals surface area contributed by atoms with Crippen molar-refractivity contribution in [3.8, 4) is 0 Å². The molecule has 0 saturated carbocycles. The van der Waals surface area contributed by atoms with Crippen molar-refractivity contribution in [1.82, 2.24) is 10.2 Å². The van der Waals surface area contributed by atoms with Gasteiger partial charge in [-0.15, -0.1) is 0 Å². The van der Waals surface area contributed by atoms with Crippen LogP contribution in [0.15, 0.2) is 72.8 Å². The zero-order valence-electron chi connectivity index (χ0n) is 23.0. The molecule has 0 radical (unpaired) electrons. The van der Waals surface area contributed by atoms with Gasteiger partial charge in [0.2, 0.25) is 21.8 Å². The third-order valence-corrected chi connectivity index (χ3v) is 8.08. The monoisotopic (exact) mass is 643 g/mol. The highest BCUT2D eigenvalue weighted by molar-refractivity contribution is 7.92. The van der Waals surface area contributed by atoms with Crippen molar-refractivity contribution in [2.45, 2.75) is 45.1 Å². The largest absolute Gasteiger partial charge is 0.416 e. The normalized spacial score (nSPS) is 12.6. The summed E-state index contributed by atoms with van der Waals surface area (Å²) in [5, 5.41) is 3.22. The molecule has 1 N–H and O–H groups in total. The number of nitrogens with one attached hydrogen (secondary N) is 1. The molecule has 1 atom stereocenters. The van der Waals surface area contributed by atoms with E-state index in [9.17, 15) is 31.2 Å². The first-order valence-corrected chi connectivity index (χ1v) is 15.4. The van der Waals surface area contributed by atoms with E-state index in [0.717, 1.165) is 29.4 Å². The Morgan fingerprint density at radius 1 is 0.929 bits per heavy atom. The van der Waals surface area contributed by atoms with Crippen LogP contribution in [0.5, 0.6) is 0 Å². The van der Waals surface area contributed by atoms with Gasteiger partial charge in [-0.1, -0.05) is 65.7 Å². The minimum atomic E-state index is -4.74. The summed E-state index contributed by atoms with van der Waals surface area (Å²) in [6, 6.07) is 15.8. The third-order valence-electron chi connectivity index (χ3n) is 6.23. The topological polar surface area (TPSA) is 86.8 Å². The molecule has 0 unspecified atom stereocenters. The van der Waals surface area contributed by atoms with E-state index in [1.807, 2.05) is 0 Å². The van der Waals surface area contributed by atoms with Gasteiger partial charge in [0, 0.05) is 34.6 Å². The van der Waals surface area contributed by atoms with Crippen LogP contribution < -0.4 is 9.62 Å². The lowest BCUT2D eigenvalue weighted by Crippen LogP contribution is -2.54. The summed E-state index contributed by atoms with van der Waals surface area (Å²) in [6.45, 7) is 2.32. The van der Waals surface area contributed by atoms with E-state index >= 15 is 0 Å². The van der Waals surface area contributed by atoms with Crippen LogP contribution in [-0.4, -0.2) is 50.0 Å². The van der Waals surface area contributed by atoms with Crippen LogP contribution >= 0.6 is 23.2 Å². The van der Waals surface area contributed by atoms with Gasteiger partial charge in [0.25, 0.3) is 0 Å². The molecule has 0 bridgehead atoms. The van der Waals surface area contributed by atoms with Crippen LogP contribution in [0.4, 0.5) is 18.9 Å². The molecule has 2 amide bonds. The zero-order chi connectivity index (χ0) is 31.2. The standard InChI is InChI=1S/C29H30Cl2F3N3O4S/c1-19(2)35-28(39)26(15-20-9-5-4-6-10-20)36(17-23-24(30)13-8-14-25(23)31)27(38)18-37(42(3,40)41)22-12-7-11-21(16-22)29(32,33)34/h4-14,16,19,26H,15,17-18H2,1-3H3,(H,35,39)/t26-/m0/s1. The number of anilines is 1. The fraction of sp³-hybridized carbons (Fsp3) is 0.310. The van der Waals surface area contributed by atoms with Crippen molar-refractivity contribution in [3.05, 3.63) is 99.5 Å². The van der Waals surface area contributed by atoms with Crippen LogP contribution in [0.1, 0.15) is 30.5 Å². The molecule has 7 nitrogen and oxygen atoms in total. The Labute approximate surface area is 253 Å². The summed E-state index contributed by atoms with van der Waals surface area (Å²) in [6.07, 6.45) is -3.91. The highest BCUT2D eigenvalue weighted by Gasteiger charge is 2.35. The number of carbonyl (C=O) groups excluding carboxylic acids is 2. The van der Waals surface area contributed by atoms with E-state index in [1.165, 1.54) is 0 Å². The summed E-state index contributed by atoms with van der Waals surface area (Å²) in [7, 11) is -4.26. The molecule has 0 fully saturated rings. The van der Waals surface area contributed by atoms with Gasteiger partial charge in [0.05, 0.1) is 17.5 Å². The summed E-state index contributed by atoms with van der Waals surface area (Å²) in [5.41, 5.74) is -0.418. The molecule has 226 valence electrons. The highest BCUT2D eigenvalue weighted by Crippen LogP contribution is 2.33. The number of benzene rings is 3. The van der Waals surface area contributed by atoms with Gasteiger partial charge in [-0.25, -0.2) is 8.42 Å². The third kappa shape index (κ3) is 8.86. The van der Waals surface area contributed by atoms with E-state index in [2.05, 4.69) is 5.32 Å². The second-order valence-corrected chi connectivity index (χ2v) is 12.6. The van der Waals surface area contributed by atoms with E-state index in [4.69, 9.17) is 23.2 Å². The van der Waals surface area contributed by atoms with Crippen molar-refractivity contribution < 1.29 is 31.2 Å². The Balaban J connectivity index is 2.12. The first-order chi connectivity index (χ1) is 19.6. The summed E-state index contributed by atoms with van der Waals surface area (Å²) >= 11 is 12.8. The van der Waals surface area contributed by atoms with Gasteiger partial charge >= 0.3 is 6.18 Å². The molecule has 0 spiro atoms. The molecule has 0 aliphatic carbocycles. The van der Waals surface area contributed by atoms with Crippen LogP contribution in [-0.2, 0) is 38.8 Å². The maximum atomic E-state index is 14.0. The molecule has 42 heavy (non-hydrogen) atoms. The Morgan fingerprint density at radius 2 is 1.52 bits per heavy atom. The van der Waals surface area contributed by atoms with Crippen molar-refractivity contribution in [1.29, 1.82) is 0 Å². The minimum Gasteiger partial charge on any atom is -0.352 e. The molecule has 0 aromatic heterocycles. The summed E-state index contributed by atoms with van der Waals surface area (Å²) < 4.78 is 66.5. The maximum absolute atomic E-state index is 14.0. The van der Waals surface area contributed by atoms with Gasteiger partial charge < -0.3 is 10.2 Å². The van der Waals surface area contributed by atoms with E-state index in [0.29, 0.717) is 21.5 Å². The molecule has 3 aromatic rings. The van der Waals surface area contributed by atoms with Crippen molar-refractivity contribution >= 4 is 50.7 Å². The Morgan fingerprint density at radius 3 is 2.07 bits per heavy atom. The zero-order valence-corrected chi connectivity index (χ0v) is 25.4. The predicted octanol–water partition coefficient (Wildman–Crippen LogP) is 5.94. The fourth-order valence-electron chi connectivity index (χ4n) is 4.24. The number of halogens is 5. The maximum Gasteiger partial charge on any atom is 0.416 e. The number of alkyl halides is 3. The van der Waals surface area contributed by atoms with E-state index in [1.54, 1.807) is 62.4 Å². The van der Waals surface area contributed by atoms with Gasteiger partial charge in [-0.2, -0.15) is 13.2 Å². The Bertz CT molecular complexity index is 1500. The highest BCUT2D eigenvalue weighted by atomic mass is 35.5. The molecule has 0 aliphatic rings. The SMILES string of the molecule is CC(C)NC(=O)[C@H](Cc1ccccc1)N(Cc1c(Cl)cccc1Cl)C(=O)CN(c1cccc(C(F)(F)F)c1)S(C)(=O)=O. The molecule has 0 saturated heterocycles. The lowest BCUT2D eigenvalue weighted by molar-refractivity contribution is -0.140. The second-order valence-electron chi connectivity index (χ2n) is 9.91. The van der Waals surface area contributed by atoms with Gasteiger partial charge in [-0.05, 0) is 49.7 Å². The Hall–Kier alpha value is -3.28. The number of hydrogen-bond donors (Lipinski definition) is 1. The first-order valence-electron chi connectivity index (χ1n) is 12.8. The molecular formula is C29H30Cl2F3N3O4S. The minimum absolute atomic E-state index is 0.0512. The number of rotatable bonds is 11. The number of sulfonamides is 1. The van der Waals surface area contributed by atoms with Crippen molar-refractivity contribution in [2.24, 2.45) is 0 Å². The smallest absolute Gasteiger partial charge is 0.352 e. The lowest BCUT2D eigenvalue weighted by atomic mass is 10.0. The van der Waals surface area contributed by atoms with Crippen LogP contribution in [0.2, 0.25) is 10.0 Å². The first kappa shape index (κ1) is 33.2. The summed E-state index contributed by atoms with van der Waals surface area (Å²) in [4.78, 5) is 28.7. The van der Waals surface area contributed by atoms with Crippen LogP contribution in [0.25, 0.3) is 0 Å². The fourth-order valence-corrected chi connectivity index (χ4v) is 5.60. The molecule has 0 aliphatic heterocycles. The van der Waals surface area contributed by atoms with E-state index in [-0.39, 0.29) is 34.7 Å². The molecule has 13 heteroatoms. The quantitative estimate of drug-likeness (QED) is 0.280. The molecule has 3 aromatic carbocycles. The lowest BCUT2D eigenvalue weighted by Gasteiger charge is -2.34. The number of amides is 2. The average Bonchev–Trinajstić information content (AvgIpc) is 2.89. The predicted molar refractivity (Wildman–Crippen MR) is 158 cm³/mol. The number of nitrogens with zero attached hydrogens (tertiary/aromatic N) is 2. The van der Waals surface area contributed by atoms with Crippen LogP contribution in [0, 0.1) is 0 Å². The molecular weight excluding hydrogens is 614 g/mol. The second kappa shape index (κ2) is 13.8. The Kier molecular flexibility index (Phi) is 10.9. The van der Waals surface area contributed by atoms with E-state index < -0.39 is 46.2 Å². The van der Waals surface area contributed by atoms with Gasteiger partial charge in [-0.3, -0.25) is 13.9 Å². The van der Waals surface area contributed by atoms with Crippen molar-refractivity contribution in [2.75, 3.05) is 17.1 Å². The van der Waals surface area contributed by atoms with Gasteiger partial charge in [0.15, 0.2) is 0 Å². The average molecular weight is 645 g/mol. The van der Waals surface area contributed by atoms with Crippen LogP contribution in [0.3, 0.4) is 0 Å². The van der Waals surface area contributed by atoms with Gasteiger partial charge in [0.1, 0.15) is 12.6 Å².